The molecule has 0 aliphatic heterocycles. The summed E-state index contributed by atoms with van der Waals surface area (Å²) in [5.74, 6) is -1.49. The summed E-state index contributed by atoms with van der Waals surface area (Å²) in [6.45, 7) is 3.09. The molecule has 6 heteroatoms. The second-order valence-corrected chi connectivity index (χ2v) is 6.01. The normalized spacial score (nSPS) is 9.20. The van der Waals surface area contributed by atoms with E-state index in [0.29, 0.717) is 6.42 Å². The molecule has 0 aliphatic rings. The molecule has 0 saturated carbocycles. The van der Waals surface area contributed by atoms with Crippen molar-refractivity contribution in [1.82, 2.24) is 0 Å². The van der Waals surface area contributed by atoms with Crippen molar-refractivity contribution in [3.63, 3.8) is 0 Å². The highest BCUT2D eigenvalue weighted by Gasteiger charge is 1.96. The fourth-order valence-electron chi connectivity index (χ4n) is 2.29. The summed E-state index contributed by atoms with van der Waals surface area (Å²) in [7, 11) is 0. The maximum absolute atomic E-state index is 10.3. The van der Waals surface area contributed by atoms with Crippen molar-refractivity contribution in [2.45, 2.75) is 104 Å². The van der Waals surface area contributed by atoms with Crippen LogP contribution in [-0.4, -0.2) is 33.7 Å². The molecule has 0 rings (SSSR count). The van der Waals surface area contributed by atoms with E-state index < -0.39 is 11.9 Å². The Morgan fingerprint density at radius 1 is 0.720 bits per heavy atom. The molecule has 25 heavy (non-hydrogen) atoms. The zero-order valence-electron chi connectivity index (χ0n) is 16.0. The highest BCUT2D eigenvalue weighted by atomic mass is 16.4. The van der Waals surface area contributed by atoms with Crippen LogP contribution in [0.1, 0.15) is 104 Å². The number of carboxylic acid groups (broad SMARTS) is 3. The van der Waals surface area contributed by atoms with Crippen molar-refractivity contribution in [3.05, 3.63) is 0 Å². The van der Waals surface area contributed by atoms with Gasteiger partial charge in [-0.2, -0.15) is 0 Å². The molecule has 0 atom stereocenters. The van der Waals surface area contributed by atoms with Crippen molar-refractivity contribution >= 4 is 18.4 Å². The van der Waals surface area contributed by atoms with Gasteiger partial charge in [-0.05, 0) is 6.42 Å². The molecule has 0 unspecified atom stereocenters. The molecule has 0 radical (unpaired) electrons. The van der Waals surface area contributed by atoms with Crippen LogP contribution < -0.4 is 0 Å². The third-order valence-electron chi connectivity index (χ3n) is 3.49. The monoisotopic (exact) mass is 362 g/mol. The lowest BCUT2D eigenvalue weighted by atomic mass is 10.0. The second kappa shape index (κ2) is 27.3. The van der Waals surface area contributed by atoms with E-state index in [4.69, 9.17) is 24.9 Å². The average Bonchev–Trinajstić information content (AvgIpc) is 2.52. The summed E-state index contributed by atoms with van der Waals surface area (Å²) in [4.78, 5) is 27.7. The van der Waals surface area contributed by atoms with Gasteiger partial charge in [0.25, 0.3) is 12.4 Å². The summed E-state index contributed by atoms with van der Waals surface area (Å²) < 4.78 is 0. The topological polar surface area (TPSA) is 112 Å². The third-order valence-corrected chi connectivity index (χ3v) is 3.49. The van der Waals surface area contributed by atoms with Crippen molar-refractivity contribution in [3.8, 4) is 0 Å². The standard InChI is InChI=1S/C16H32O2.C2H4O2.CH2O2/c1-2-3-4-5-6-7-8-9-10-11-12-13-14-15-16(17)18;1-2(3)4;2-1-3/h2-15H2,1H3,(H,17,18);1H3,(H,3,4);1H,(H,2,3). The molecule has 0 fully saturated rings. The minimum atomic E-state index is -0.833. The quantitative estimate of drug-likeness (QED) is 0.284. The Labute approximate surface area is 152 Å². The third kappa shape index (κ3) is 51.9. The lowest BCUT2D eigenvalue weighted by Crippen LogP contribution is -1.93. The predicted octanol–water partition coefficient (Wildman–Crippen LogP) is 5.34. The SMILES string of the molecule is CC(=O)O.CCCCCCCCCCCCCCCC(=O)O.O=CO. The van der Waals surface area contributed by atoms with Gasteiger partial charge in [0.15, 0.2) is 0 Å². The average molecular weight is 363 g/mol. The van der Waals surface area contributed by atoms with E-state index in [1.165, 1.54) is 70.6 Å². The van der Waals surface area contributed by atoms with Crippen LogP contribution in [0.3, 0.4) is 0 Å². The summed E-state index contributed by atoms with van der Waals surface area (Å²) in [6, 6.07) is 0. The molecule has 0 heterocycles. The molecular weight excluding hydrogens is 324 g/mol. The van der Waals surface area contributed by atoms with Crippen molar-refractivity contribution in [1.29, 1.82) is 0 Å². The van der Waals surface area contributed by atoms with E-state index >= 15 is 0 Å². The maximum atomic E-state index is 10.3. The molecular formula is C19H38O6. The van der Waals surface area contributed by atoms with E-state index in [0.717, 1.165) is 19.8 Å². The summed E-state index contributed by atoms with van der Waals surface area (Å²) >= 11 is 0. The minimum Gasteiger partial charge on any atom is -0.483 e. The first-order valence-electron chi connectivity index (χ1n) is 9.41. The number of aliphatic carboxylic acids is 2. The smallest absolute Gasteiger partial charge is 0.303 e. The van der Waals surface area contributed by atoms with Crippen LogP contribution in [0.25, 0.3) is 0 Å². The fraction of sp³-hybridized carbons (Fsp3) is 0.842. The number of carbonyl (C=O) groups is 3. The molecule has 0 aromatic heterocycles. The van der Waals surface area contributed by atoms with E-state index in [1.807, 2.05) is 0 Å². The fourth-order valence-corrected chi connectivity index (χ4v) is 2.29. The number of carboxylic acids is 2. The van der Waals surface area contributed by atoms with Gasteiger partial charge in [-0.3, -0.25) is 14.4 Å². The molecule has 150 valence electrons. The Balaban J connectivity index is -0.000000586. The van der Waals surface area contributed by atoms with E-state index in [1.54, 1.807) is 0 Å². The van der Waals surface area contributed by atoms with Gasteiger partial charge in [-0.15, -0.1) is 0 Å². The summed E-state index contributed by atoms with van der Waals surface area (Å²) in [5, 5.41) is 22.8. The van der Waals surface area contributed by atoms with Crippen LogP contribution in [0.4, 0.5) is 0 Å². The van der Waals surface area contributed by atoms with Crippen LogP contribution >= 0.6 is 0 Å². The lowest BCUT2D eigenvalue weighted by molar-refractivity contribution is -0.137. The Bertz CT molecular complexity index is 288. The van der Waals surface area contributed by atoms with E-state index in [2.05, 4.69) is 6.92 Å². The van der Waals surface area contributed by atoms with Crippen LogP contribution in [0, 0.1) is 0 Å². The van der Waals surface area contributed by atoms with Gasteiger partial charge in [0.2, 0.25) is 0 Å². The Hall–Kier alpha value is -1.59. The zero-order chi connectivity index (χ0) is 19.8. The van der Waals surface area contributed by atoms with Crippen LogP contribution in [-0.2, 0) is 14.4 Å². The number of hydrogen-bond acceptors (Lipinski definition) is 3. The first-order chi connectivity index (χ1) is 11.9. The van der Waals surface area contributed by atoms with Crippen LogP contribution in [0.15, 0.2) is 0 Å². The summed E-state index contributed by atoms with van der Waals surface area (Å²) in [6.07, 6.45) is 17.3. The van der Waals surface area contributed by atoms with Gasteiger partial charge in [0.05, 0.1) is 0 Å². The molecule has 0 saturated heterocycles. The highest BCUT2D eigenvalue weighted by Crippen LogP contribution is 2.12. The van der Waals surface area contributed by atoms with Crippen molar-refractivity contribution in [2.75, 3.05) is 0 Å². The van der Waals surface area contributed by atoms with Gasteiger partial charge in [-0.1, -0.05) is 84.0 Å². The first kappa shape index (κ1) is 28.2. The van der Waals surface area contributed by atoms with Crippen LogP contribution in [0.2, 0.25) is 0 Å². The van der Waals surface area contributed by atoms with Gasteiger partial charge >= 0.3 is 5.97 Å². The lowest BCUT2D eigenvalue weighted by Gasteiger charge is -2.02. The van der Waals surface area contributed by atoms with Gasteiger partial charge in [0.1, 0.15) is 0 Å². The first-order valence-corrected chi connectivity index (χ1v) is 9.41. The Morgan fingerprint density at radius 2 is 0.960 bits per heavy atom. The molecule has 6 nitrogen and oxygen atoms in total. The molecule has 0 spiro atoms. The number of unbranched alkanes of at least 4 members (excludes halogenated alkanes) is 12. The minimum absolute atomic E-state index is 0.250. The number of rotatable bonds is 14. The van der Waals surface area contributed by atoms with Crippen molar-refractivity contribution in [2.24, 2.45) is 0 Å². The molecule has 0 aliphatic carbocycles. The zero-order valence-corrected chi connectivity index (χ0v) is 16.0. The van der Waals surface area contributed by atoms with Crippen LogP contribution in [0.5, 0.6) is 0 Å². The van der Waals surface area contributed by atoms with Gasteiger partial charge in [-0.25, -0.2) is 0 Å². The Morgan fingerprint density at radius 3 is 1.20 bits per heavy atom. The van der Waals surface area contributed by atoms with Gasteiger partial charge in [0, 0.05) is 13.3 Å². The highest BCUT2D eigenvalue weighted by molar-refractivity contribution is 5.66. The Kier molecular flexibility index (Phi) is 30.8. The molecule has 0 aromatic rings. The summed E-state index contributed by atoms with van der Waals surface area (Å²) in [5.41, 5.74) is 0. The predicted molar refractivity (Wildman–Crippen MR) is 100.0 cm³/mol. The molecule has 3 N–H and O–H groups in total. The molecule has 0 bridgehead atoms. The largest absolute Gasteiger partial charge is 0.483 e. The molecule has 0 aromatic carbocycles. The number of hydrogen-bond donors (Lipinski definition) is 3. The van der Waals surface area contributed by atoms with Gasteiger partial charge < -0.3 is 15.3 Å². The van der Waals surface area contributed by atoms with E-state index in [9.17, 15) is 4.79 Å². The molecule has 0 amide bonds. The van der Waals surface area contributed by atoms with Crippen molar-refractivity contribution < 1.29 is 29.7 Å². The second-order valence-electron chi connectivity index (χ2n) is 6.01. The van der Waals surface area contributed by atoms with E-state index in [-0.39, 0.29) is 6.47 Å². The maximum Gasteiger partial charge on any atom is 0.303 e.